The average Bonchev–Trinajstić information content (AvgIpc) is 2.83. The Hall–Kier alpha value is -1.73. The van der Waals surface area contributed by atoms with Crippen molar-refractivity contribution in [2.24, 2.45) is 7.05 Å². The summed E-state index contributed by atoms with van der Waals surface area (Å²) in [5, 5.41) is 12.3. The Kier molecular flexibility index (Phi) is 6.12. The van der Waals surface area contributed by atoms with Crippen molar-refractivity contribution in [1.29, 1.82) is 0 Å². The number of rotatable bonds is 6. The number of thioether (sulfide) groups is 1. The molecule has 0 aliphatic rings. The van der Waals surface area contributed by atoms with Crippen LogP contribution >= 0.6 is 23.4 Å². The standard InChI is InChI=1S/C16H21ClN4O2S/c1-16(2,3)18-14(22)10-24-15-20-19-13(21(15)4)9-23-12-8-6-5-7-11(12)17/h5-8H,9-10H2,1-4H3,(H,18,22). The van der Waals surface area contributed by atoms with Gasteiger partial charge in [-0.1, -0.05) is 35.5 Å². The van der Waals surface area contributed by atoms with Crippen molar-refractivity contribution in [2.45, 2.75) is 38.1 Å². The Balaban J connectivity index is 1.91. The summed E-state index contributed by atoms with van der Waals surface area (Å²) in [6, 6.07) is 7.26. The predicted octanol–water partition coefficient (Wildman–Crippen LogP) is 3.05. The minimum Gasteiger partial charge on any atom is -0.484 e. The molecule has 0 radical (unpaired) electrons. The van der Waals surface area contributed by atoms with Gasteiger partial charge >= 0.3 is 0 Å². The molecule has 6 nitrogen and oxygen atoms in total. The van der Waals surface area contributed by atoms with Crippen LogP contribution in [0.2, 0.25) is 5.02 Å². The molecule has 0 spiro atoms. The molecule has 8 heteroatoms. The molecule has 2 rings (SSSR count). The van der Waals surface area contributed by atoms with E-state index in [-0.39, 0.29) is 23.8 Å². The maximum Gasteiger partial charge on any atom is 0.230 e. The first-order valence-corrected chi connectivity index (χ1v) is 8.82. The fraction of sp³-hybridized carbons (Fsp3) is 0.438. The molecule has 0 bridgehead atoms. The molecule has 1 aromatic heterocycles. The van der Waals surface area contributed by atoms with Gasteiger partial charge in [0.2, 0.25) is 5.91 Å². The molecule has 1 N–H and O–H groups in total. The van der Waals surface area contributed by atoms with Crippen LogP contribution in [0, 0.1) is 0 Å². The highest BCUT2D eigenvalue weighted by molar-refractivity contribution is 7.99. The van der Waals surface area contributed by atoms with Crippen LogP contribution in [0.15, 0.2) is 29.4 Å². The number of hydrogen-bond donors (Lipinski definition) is 1. The van der Waals surface area contributed by atoms with Gasteiger partial charge < -0.3 is 14.6 Å². The molecule has 0 atom stereocenters. The quantitative estimate of drug-likeness (QED) is 0.793. The smallest absolute Gasteiger partial charge is 0.230 e. The van der Waals surface area contributed by atoms with Crippen molar-refractivity contribution in [3.05, 3.63) is 35.1 Å². The Morgan fingerprint density at radius 3 is 2.71 bits per heavy atom. The molecule has 0 saturated carbocycles. The van der Waals surface area contributed by atoms with E-state index in [1.54, 1.807) is 12.1 Å². The van der Waals surface area contributed by atoms with E-state index >= 15 is 0 Å². The van der Waals surface area contributed by atoms with Gasteiger partial charge in [-0.25, -0.2) is 0 Å². The van der Waals surface area contributed by atoms with Crippen LogP contribution in [0.3, 0.4) is 0 Å². The fourth-order valence-electron chi connectivity index (χ4n) is 1.88. The van der Waals surface area contributed by atoms with Crippen LogP contribution in [-0.2, 0) is 18.4 Å². The van der Waals surface area contributed by atoms with Gasteiger partial charge in [-0.3, -0.25) is 4.79 Å². The zero-order valence-electron chi connectivity index (χ0n) is 14.2. The second-order valence-electron chi connectivity index (χ2n) is 6.26. The number of amides is 1. The zero-order chi connectivity index (χ0) is 17.7. The summed E-state index contributed by atoms with van der Waals surface area (Å²) in [6.45, 7) is 6.09. The van der Waals surface area contributed by atoms with Gasteiger partial charge in [0.05, 0.1) is 10.8 Å². The summed E-state index contributed by atoms with van der Waals surface area (Å²) in [4.78, 5) is 11.9. The summed E-state index contributed by atoms with van der Waals surface area (Å²) >= 11 is 7.39. The summed E-state index contributed by atoms with van der Waals surface area (Å²) in [7, 11) is 1.84. The van der Waals surface area contributed by atoms with Crippen molar-refractivity contribution in [2.75, 3.05) is 5.75 Å². The van der Waals surface area contributed by atoms with Crippen molar-refractivity contribution >= 4 is 29.3 Å². The number of benzene rings is 1. The average molecular weight is 369 g/mol. The number of carbonyl (C=O) groups is 1. The van der Waals surface area contributed by atoms with E-state index in [1.807, 2.05) is 44.5 Å². The molecule has 2 aromatic rings. The number of ether oxygens (including phenoxy) is 1. The second-order valence-corrected chi connectivity index (χ2v) is 7.61. The van der Waals surface area contributed by atoms with Crippen LogP contribution in [0.1, 0.15) is 26.6 Å². The molecule has 0 aliphatic carbocycles. The Morgan fingerprint density at radius 2 is 2.04 bits per heavy atom. The third-order valence-corrected chi connectivity index (χ3v) is 4.30. The lowest BCUT2D eigenvalue weighted by molar-refractivity contribution is -0.119. The van der Waals surface area contributed by atoms with E-state index < -0.39 is 0 Å². The Bertz CT molecular complexity index is 712. The van der Waals surface area contributed by atoms with Crippen molar-refractivity contribution in [3.8, 4) is 5.75 Å². The SMILES string of the molecule is Cn1c(COc2ccccc2Cl)nnc1SCC(=O)NC(C)(C)C. The highest BCUT2D eigenvalue weighted by Gasteiger charge is 2.16. The van der Waals surface area contributed by atoms with E-state index in [0.717, 1.165) is 0 Å². The number of aromatic nitrogens is 3. The predicted molar refractivity (Wildman–Crippen MR) is 95.4 cm³/mol. The third-order valence-electron chi connectivity index (χ3n) is 2.97. The second kappa shape index (κ2) is 7.90. The number of halogens is 1. The summed E-state index contributed by atoms with van der Waals surface area (Å²) in [6.07, 6.45) is 0. The molecule has 0 aliphatic heterocycles. The van der Waals surface area contributed by atoms with Gasteiger partial charge in [0.25, 0.3) is 0 Å². The van der Waals surface area contributed by atoms with Crippen LogP contribution < -0.4 is 10.1 Å². The van der Waals surface area contributed by atoms with Crippen molar-refractivity contribution in [3.63, 3.8) is 0 Å². The molecule has 24 heavy (non-hydrogen) atoms. The molecule has 1 aromatic carbocycles. The number of para-hydroxylation sites is 1. The molecule has 130 valence electrons. The first-order valence-electron chi connectivity index (χ1n) is 7.45. The van der Waals surface area contributed by atoms with Crippen LogP contribution in [-0.4, -0.2) is 32.0 Å². The van der Waals surface area contributed by atoms with E-state index in [1.165, 1.54) is 11.8 Å². The lowest BCUT2D eigenvalue weighted by Crippen LogP contribution is -2.41. The van der Waals surface area contributed by atoms with Crippen molar-refractivity contribution in [1.82, 2.24) is 20.1 Å². The van der Waals surface area contributed by atoms with Gasteiger partial charge in [0.1, 0.15) is 12.4 Å². The molecule has 0 unspecified atom stereocenters. The lowest BCUT2D eigenvalue weighted by atomic mass is 10.1. The third kappa shape index (κ3) is 5.42. The molecule has 1 heterocycles. The number of nitrogens with zero attached hydrogens (tertiary/aromatic N) is 3. The van der Waals surface area contributed by atoms with E-state index in [2.05, 4.69) is 15.5 Å². The number of hydrogen-bond acceptors (Lipinski definition) is 5. The van der Waals surface area contributed by atoms with Gasteiger partial charge in [-0.15, -0.1) is 10.2 Å². The number of nitrogens with one attached hydrogen (secondary N) is 1. The highest BCUT2D eigenvalue weighted by atomic mass is 35.5. The molecular weight excluding hydrogens is 348 g/mol. The fourth-order valence-corrected chi connectivity index (χ4v) is 2.81. The Morgan fingerprint density at radius 1 is 1.33 bits per heavy atom. The van der Waals surface area contributed by atoms with Gasteiger partial charge in [-0.05, 0) is 32.9 Å². The van der Waals surface area contributed by atoms with Crippen molar-refractivity contribution < 1.29 is 9.53 Å². The lowest BCUT2D eigenvalue weighted by Gasteiger charge is -2.20. The Labute approximate surface area is 150 Å². The maximum absolute atomic E-state index is 11.9. The van der Waals surface area contributed by atoms with E-state index in [9.17, 15) is 4.79 Å². The molecule has 0 fully saturated rings. The first kappa shape index (κ1) is 18.6. The van der Waals surface area contributed by atoms with Crippen LogP contribution in [0.5, 0.6) is 5.75 Å². The first-order chi connectivity index (χ1) is 11.3. The monoisotopic (exact) mass is 368 g/mol. The van der Waals surface area contributed by atoms with Crippen LogP contribution in [0.25, 0.3) is 0 Å². The largest absolute Gasteiger partial charge is 0.484 e. The summed E-state index contributed by atoms with van der Waals surface area (Å²) in [5.74, 6) is 1.51. The van der Waals surface area contributed by atoms with E-state index in [4.69, 9.17) is 16.3 Å². The summed E-state index contributed by atoms with van der Waals surface area (Å²) < 4.78 is 7.48. The van der Waals surface area contributed by atoms with E-state index in [0.29, 0.717) is 21.8 Å². The summed E-state index contributed by atoms with van der Waals surface area (Å²) in [5.41, 5.74) is -0.245. The van der Waals surface area contributed by atoms with Gasteiger partial charge in [0.15, 0.2) is 11.0 Å². The number of carbonyl (C=O) groups excluding carboxylic acids is 1. The normalized spacial score (nSPS) is 11.4. The zero-order valence-corrected chi connectivity index (χ0v) is 15.7. The molecule has 0 saturated heterocycles. The van der Waals surface area contributed by atoms with Crippen LogP contribution in [0.4, 0.5) is 0 Å². The van der Waals surface area contributed by atoms with Gasteiger partial charge in [0, 0.05) is 12.6 Å². The minimum atomic E-state index is -0.245. The maximum atomic E-state index is 11.9. The molecule has 1 amide bonds. The van der Waals surface area contributed by atoms with Gasteiger partial charge in [-0.2, -0.15) is 0 Å². The topological polar surface area (TPSA) is 69.0 Å². The molecular formula is C16H21ClN4O2S. The highest BCUT2D eigenvalue weighted by Crippen LogP contribution is 2.24. The minimum absolute atomic E-state index is 0.0376.